The number of para-hydroxylation sites is 1. The second-order valence-electron chi connectivity index (χ2n) is 7.29. The van der Waals surface area contributed by atoms with E-state index in [1.807, 2.05) is 5.32 Å². The molecule has 3 aromatic rings. The maximum absolute atomic E-state index is 13.8. The van der Waals surface area contributed by atoms with E-state index in [2.05, 4.69) is 12.2 Å². The molecular weight excluding hydrogens is 584 g/mol. The average Bonchev–Trinajstić information content (AvgIpc) is 3.28. The summed E-state index contributed by atoms with van der Waals surface area (Å²) in [5.41, 5.74) is -0.0410. The predicted molar refractivity (Wildman–Crippen MR) is 129 cm³/mol. The van der Waals surface area contributed by atoms with Crippen LogP contribution in [-0.2, 0) is 10.0 Å². The molecule has 0 bridgehead atoms. The molecule has 0 fully saturated rings. The SMILES string of the molecule is O=S(=O)(c1sccc1-c1ccccc1Oc1ccc(O)c(O)c1)N(CCNC(=S)NC(F)(F)F)C(F)(F)F. The van der Waals surface area contributed by atoms with Crippen molar-refractivity contribution in [3.8, 4) is 34.1 Å². The first-order valence-electron chi connectivity index (χ1n) is 10.2. The fourth-order valence-electron chi connectivity index (χ4n) is 3.09. The number of halogens is 6. The van der Waals surface area contributed by atoms with Gasteiger partial charge in [-0.15, -0.1) is 15.6 Å². The van der Waals surface area contributed by atoms with Gasteiger partial charge in [-0.1, -0.05) is 18.2 Å². The second kappa shape index (κ2) is 11.2. The Kier molecular flexibility index (Phi) is 8.65. The molecule has 2 aromatic carbocycles. The summed E-state index contributed by atoms with van der Waals surface area (Å²) < 4.78 is 109. The van der Waals surface area contributed by atoms with Crippen LogP contribution in [-0.4, -0.2) is 53.7 Å². The van der Waals surface area contributed by atoms with Gasteiger partial charge < -0.3 is 20.3 Å². The summed E-state index contributed by atoms with van der Waals surface area (Å²) in [6.45, 7) is -2.17. The molecule has 1 heterocycles. The van der Waals surface area contributed by atoms with Gasteiger partial charge in [-0.05, 0) is 41.9 Å². The Balaban J connectivity index is 1.92. The number of hydrogen-bond acceptors (Lipinski definition) is 7. The number of alkyl halides is 6. The van der Waals surface area contributed by atoms with Crippen LogP contribution in [0, 0.1) is 0 Å². The molecule has 0 saturated carbocycles. The topological polar surface area (TPSA) is 111 Å². The number of aromatic hydroxyl groups is 2. The summed E-state index contributed by atoms with van der Waals surface area (Å²) in [5.74, 6) is -0.860. The Labute approximate surface area is 221 Å². The van der Waals surface area contributed by atoms with Crippen molar-refractivity contribution in [1.82, 2.24) is 14.9 Å². The number of phenolic OH excluding ortho intramolecular Hbond substituents is 2. The predicted octanol–water partition coefficient (Wildman–Crippen LogP) is 5.11. The van der Waals surface area contributed by atoms with Gasteiger partial charge in [0, 0.05) is 30.3 Å². The minimum absolute atomic E-state index is 0.0243. The zero-order valence-electron chi connectivity index (χ0n) is 18.7. The molecule has 0 unspecified atom stereocenters. The van der Waals surface area contributed by atoms with Crippen molar-refractivity contribution in [2.75, 3.05) is 13.1 Å². The van der Waals surface area contributed by atoms with Gasteiger partial charge >= 0.3 is 12.6 Å². The molecule has 0 spiro atoms. The number of rotatable bonds is 8. The van der Waals surface area contributed by atoms with E-state index in [4.69, 9.17) is 4.74 Å². The number of phenols is 2. The summed E-state index contributed by atoms with van der Waals surface area (Å²) >= 11 is 4.85. The first kappa shape index (κ1) is 29.3. The maximum atomic E-state index is 13.8. The average molecular weight is 602 g/mol. The van der Waals surface area contributed by atoms with Crippen LogP contribution in [0.25, 0.3) is 11.1 Å². The summed E-state index contributed by atoms with van der Waals surface area (Å²) in [7, 11) is -5.26. The van der Waals surface area contributed by atoms with Crippen molar-refractivity contribution < 1.29 is 49.7 Å². The fourth-order valence-corrected chi connectivity index (χ4v) is 6.13. The molecule has 0 aliphatic rings. The third-order valence-electron chi connectivity index (χ3n) is 4.64. The van der Waals surface area contributed by atoms with E-state index in [9.17, 15) is 45.0 Å². The van der Waals surface area contributed by atoms with E-state index in [-0.39, 0.29) is 22.6 Å². The van der Waals surface area contributed by atoms with Crippen LogP contribution < -0.4 is 15.4 Å². The number of nitrogens with zero attached hydrogens (tertiary/aromatic N) is 1. The zero-order valence-corrected chi connectivity index (χ0v) is 21.1. The Morgan fingerprint density at radius 1 is 1.00 bits per heavy atom. The monoisotopic (exact) mass is 601 g/mol. The van der Waals surface area contributed by atoms with Crippen molar-refractivity contribution in [3.63, 3.8) is 0 Å². The summed E-state index contributed by atoms with van der Waals surface area (Å²) in [5, 5.41) is 22.2. The maximum Gasteiger partial charge on any atom is 0.484 e. The number of nitrogens with one attached hydrogen (secondary N) is 2. The Hall–Kier alpha value is -3.28. The van der Waals surface area contributed by atoms with Crippen LogP contribution in [0.4, 0.5) is 26.3 Å². The lowest BCUT2D eigenvalue weighted by atomic mass is 10.1. The largest absolute Gasteiger partial charge is 0.504 e. The van der Waals surface area contributed by atoms with Gasteiger partial charge in [-0.2, -0.15) is 26.3 Å². The van der Waals surface area contributed by atoms with Gasteiger partial charge in [0.05, 0.1) is 0 Å². The van der Waals surface area contributed by atoms with E-state index in [1.165, 1.54) is 41.8 Å². The Morgan fingerprint density at radius 2 is 1.68 bits per heavy atom. The van der Waals surface area contributed by atoms with E-state index in [0.29, 0.717) is 11.3 Å². The first-order chi connectivity index (χ1) is 17.6. The molecule has 0 radical (unpaired) electrons. The van der Waals surface area contributed by atoms with E-state index < -0.39 is 60.8 Å². The molecular formula is C21H17F6N3O5S3. The van der Waals surface area contributed by atoms with E-state index in [0.717, 1.165) is 17.4 Å². The molecule has 0 amide bonds. The number of sulfonamides is 1. The van der Waals surface area contributed by atoms with Crippen LogP contribution in [0.15, 0.2) is 58.1 Å². The van der Waals surface area contributed by atoms with Crippen LogP contribution >= 0.6 is 23.6 Å². The van der Waals surface area contributed by atoms with Crippen molar-refractivity contribution in [2.24, 2.45) is 0 Å². The highest BCUT2D eigenvalue weighted by Crippen LogP contribution is 2.42. The highest BCUT2D eigenvalue weighted by atomic mass is 32.2. The smallest absolute Gasteiger partial charge is 0.484 e. The van der Waals surface area contributed by atoms with Gasteiger partial charge in [0.1, 0.15) is 15.7 Å². The molecule has 206 valence electrons. The van der Waals surface area contributed by atoms with Crippen molar-refractivity contribution in [2.45, 2.75) is 16.8 Å². The lowest BCUT2D eigenvalue weighted by Gasteiger charge is -2.25. The second-order valence-corrected chi connectivity index (χ2v) is 10.7. The van der Waals surface area contributed by atoms with Crippen molar-refractivity contribution in [1.29, 1.82) is 0 Å². The Bertz CT molecular complexity index is 1410. The van der Waals surface area contributed by atoms with Gasteiger partial charge in [0.2, 0.25) is 0 Å². The third-order valence-corrected chi connectivity index (χ3v) is 8.18. The molecule has 17 heteroatoms. The quantitative estimate of drug-likeness (QED) is 0.122. The molecule has 0 saturated heterocycles. The van der Waals surface area contributed by atoms with Gasteiger partial charge in [0.25, 0.3) is 10.0 Å². The van der Waals surface area contributed by atoms with Crippen molar-refractivity contribution >= 4 is 38.7 Å². The normalized spacial score (nSPS) is 12.4. The highest BCUT2D eigenvalue weighted by Gasteiger charge is 2.47. The van der Waals surface area contributed by atoms with Gasteiger partial charge in [0.15, 0.2) is 16.6 Å². The van der Waals surface area contributed by atoms with E-state index >= 15 is 0 Å². The summed E-state index contributed by atoms with van der Waals surface area (Å²) in [4.78, 5) is 0. The fraction of sp³-hybridized carbons (Fsp3) is 0.190. The number of benzene rings is 2. The van der Waals surface area contributed by atoms with E-state index in [1.54, 1.807) is 0 Å². The van der Waals surface area contributed by atoms with Crippen LogP contribution in [0.3, 0.4) is 0 Å². The summed E-state index contributed by atoms with van der Waals surface area (Å²) in [6.07, 6.45) is -10.3. The number of thiocarbonyl (C=S) groups is 1. The highest BCUT2D eigenvalue weighted by molar-refractivity contribution is 7.91. The number of ether oxygens (including phenoxy) is 1. The van der Waals surface area contributed by atoms with Gasteiger partial charge in [-0.3, -0.25) is 5.32 Å². The number of hydrogen-bond donors (Lipinski definition) is 4. The molecule has 8 nitrogen and oxygen atoms in total. The molecule has 0 atom stereocenters. The lowest BCUT2D eigenvalue weighted by Crippen LogP contribution is -2.49. The van der Waals surface area contributed by atoms with Crippen LogP contribution in [0.1, 0.15) is 0 Å². The third kappa shape index (κ3) is 7.18. The van der Waals surface area contributed by atoms with Crippen LogP contribution in [0.5, 0.6) is 23.0 Å². The minimum Gasteiger partial charge on any atom is -0.504 e. The first-order valence-corrected chi connectivity index (χ1v) is 12.9. The van der Waals surface area contributed by atoms with Crippen LogP contribution in [0.2, 0.25) is 0 Å². The minimum atomic E-state index is -5.42. The standard InChI is InChI=1S/C21H17F6N3O5S3/c22-20(23,24)29-19(36)28-8-9-30(21(25,26)27)38(33,34)18-14(7-10-37-18)13-3-1-2-4-17(13)35-12-5-6-15(31)16(32)11-12/h1-7,10-11,31-32H,8-9H2,(H2,28,29,36). The Morgan fingerprint density at radius 3 is 2.32 bits per heavy atom. The molecule has 3 rings (SSSR count). The zero-order chi connectivity index (χ0) is 28.3. The van der Waals surface area contributed by atoms with Gasteiger partial charge in [-0.25, -0.2) is 8.42 Å². The molecule has 0 aliphatic heterocycles. The molecule has 1 aromatic heterocycles. The summed E-state index contributed by atoms with van der Waals surface area (Å²) in [6, 6.07) is 10.6. The molecule has 38 heavy (non-hydrogen) atoms. The molecule has 0 aliphatic carbocycles. The lowest BCUT2D eigenvalue weighted by molar-refractivity contribution is -0.209. The number of thiophene rings is 1. The van der Waals surface area contributed by atoms with Crippen molar-refractivity contribution in [3.05, 3.63) is 53.9 Å². The molecule has 4 N–H and O–H groups in total.